The molecule has 0 radical (unpaired) electrons. The van der Waals surface area contributed by atoms with Gasteiger partial charge in [0.1, 0.15) is 11.3 Å². The summed E-state index contributed by atoms with van der Waals surface area (Å²) in [7, 11) is 1.55. The molecule has 3 N–H and O–H groups in total. The van der Waals surface area contributed by atoms with Crippen LogP contribution < -0.4 is 15.6 Å². The van der Waals surface area contributed by atoms with E-state index in [9.17, 15) is 14.7 Å². The van der Waals surface area contributed by atoms with Gasteiger partial charge in [0.25, 0.3) is 11.5 Å². The Hall–Kier alpha value is -2.67. The Labute approximate surface area is 138 Å². The van der Waals surface area contributed by atoms with Crippen molar-refractivity contribution in [2.45, 2.75) is 25.0 Å². The van der Waals surface area contributed by atoms with Gasteiger partial charge >= 0.3 is 0 Å². The van der Waals surface area contributed by atoms with Gasteiger partial charge in [0.2, 0.25) is 0 Å². The minimum Gasteiger partial charge on any atom is -0.495 e. The van der Waals surface area contributed by atoms with Gasteiger partial charge < -0.3 is 20.1 Å². The predicted molar refractivity (Wildman–Crippen MR) is 86.8 cm³/mol. The van der Waals surface area contributed by atoms with E-state index in [0.29, 0.717) is 18.6 Å². The van der Waals surface area contributed by atoms with Crippen molar-refractivity contribution in [1.29, 1.82) is 0 Å². The summed E-state index contributed by atoms with van der Waals surface area (Å²) >= 11 is 0. The molecule has 24 heavy (non-hydrogen) atoms. The van der Waals surface area contributed by atoms with Gasteiger partial charge in [-0.05, 0) is 42.5 Å². The number of hydrogen-bond acceptors (Lipinski definition) is 5. The SMILES string of the molecule is COc1cncc([C@@H](NC(=O)c2ccc[nH]c2=O)C2CC(O)C2)c1. The highest BCUT2D eigenvalue weighted by Gasteiger charge is 2.36. The minimum atomic E-state index is -0.453. The van der Waals surface area contributed by atoms with E-state index >= 15 is 0 Å². The molecule has 1 amide bonds. The number of nitrogens with one attached hydrogen (secondary N) is 2. The molecule has 0 unspecified atom stereocenters. The minimum absolute atomic E-state index is 0.0539. The lowest BCUT2D eigenvalue weighted by atomic mass is 9.75. The molecular weight excluding hydrogens is 310 g/mol. The van der Waals surface area contributed by atoms with Crippen LogP contribution in [0.3, 0.4) is 0 Å². The van der Waals surface area contributed by atoms with Gasteiger partial charge in [0.15, 0.2) is 0 Å². The molecule has 7 nitrogen and oxygen atoms in total. The van der Waals surface area contributed by atoms with E-state index in [1.165, 1.54) is 12.3 Å². The van der Waals surface area contributed by atoms with Crippen molar-refractivity contribution in [1.82, 2.24) is 15.3 Å². The number of rotatable bonds is 5. The fourth-order valence-electron chi connectivity index (χ4n) is 2.91. The third kappa shape index (κ3) is 3.30. The normalized spacial score (nSPS) is 20.8. The maximum atomic E-state index is 12.5. The van der Waals surface area contributed by atoms with Crippen molar-refractivity contribution in [3.8, 4) is 5.75 Å². The molecule has 0 saturated heterocycles. The predicted octanol–water partition coefficient (Wildman–Crippen LogP) is 1.02. The van der Waals surface area contributed by atoms with Gasteiger partial charge in [0, 0.05) is 12.4 Å². The standard InChI is InChI=1S/C17H19N3O4/c1-24-13-7-11(8-18-9-13)15(10-5-12(21)6-10)20-17(23)14-3-2-4-19-16(14)22/h2-4,7-10,12,15,21H,5-6H2,1H3,(H,19,22)(H,20,23)/t10?,12?,15-/m0/s1. The van der Waals surface area contributed by atoms with Crippen LogP contribution in [0.25, 0.3) is 0 Å². The molecule has 1 saturated carbocycles. The molecule has 2 aromatic heterocycles. The number of H-pyrrole nitrogens is 1. The summed E-state index contributed by atoms with van der Waals surface area (Å²) in [5.74, 6) is 0.218. The number of amides is 1. The smallest absolute Gasteiger partial charge is 0.260 e. The summed E-state index contributed by atoms with van der Waals surface area (Å²) in [6.07, 6.45) is 5.55. The van der Waals surface area contributed by atoms with E-state index in [2.05, 4.69) is 15.3 Å². The van der Waals surface area contributed by atoms with Crippen LogP contribution in [0.1, 0.15) is 34.8 Å². The average molecular weight is 329 g/mol. The molecule has 1 aliphatic rings. The summed E-state index contributed by atoms with van der Waals surface area (Å²) in [6.45, 7) is 0. The number of aliphatic hydroxyl groups is 1. The van der Waals surface area contributed by atoms with E-state index in [1.54, 1.807) is 31.6 Å². The Bertz CT molecular complexity index is 783. The molecule has 0 bridgehead atoms. The number of aromatic amines is 1. The molecule has 0 spiro atoms. The first kappa shape index (κ1) is 16.2. The van der Waals surface area contributed by atoms with Crippen molar-refractivity contribution in [2.75, 3.05) is 7.11 Å². The Morgan fingerprint density at radius 3 is 2.92 bits per heavy atom. The monoisotopic (exact) mass is 329 g/mol. The van der Waals surface area contributed by atoms with E-state index in [1.807, 2.05) is 0 Å². The first-order chi connectivity index (χ1) is 11.6. The van der Waals surface area contributed by atoms with Gasteiger partial charge in [-0.2, -0.15) is 0 Å². The number of carbonyl (C=O) groups excluding carboxylic acids is 1. The van der Waals surface area contributed by atoms with Gasteiger partial charge in [-0.25, -0.2) is 0 Å². The maximum Gasteiger partial charge on any atom is 0.260 e. The van der Waals surface area contributed by atoms with Crippen molar-refractivity contribution >= 4 is 5.91 Å². The fourth-order valence-corrected chi connectivity index (χ4v) is 2.91. The van der Waals surface area contributed by atoms with Gasteiger partial charge in [-0.1, -0.05) is 0 Å². The Kier molecular flexibility index (Phi) is 4.61. The van der Waals surface area contributed by atoms with Gasteiger partial charge in [0.05, 0.1) is 25.5 Å². The van der Waals surface area contributed by atoms with Crippen molar-refractivity contribution in [3.05, 3.63) is 58.3 Å². The second kappa shape index (κ2) is 6.84. The third-order valence-electron chi connectivity index (χ3n) is 4.30. The second-order valence-electron chi connectivity index (χ2n) is 5.91. The van der Waals surface area contributed by atoms with Crippen LogP contribution in [0, 0.1) is 5.92 Å². The highest BCUT2D eigenvalue weighted by atomic mass is 16.5. The highest BCUT2D eigenvalue weighted by molar-refractivity contribution is 5.94. The van der Waals surface area contributed by atoms with Crippen LogP contribution in [0.2, 0.25) is 0 Å². The van der Waals surface area contributed by atoms with Crippen LogP contribution in [0.5, 0.6) is 5.75 Å². The van der Waals surface area contributed by atoms with Crippen LogP contribution in [-0.2, 0) is 0 Å². The lowest BCUT2D eigenvalue weighted by molar-refractivity contribution is 0.0234. The second-order valence-corrected chi connectivity index (χ2v) is 5.91. The largest absolute Gasteiger partial charge is 0.495 e. The number of hydrogen-bond donors (Lipinski definition) is 3. The number of carbonyl (C=O) groups is 1. The molecule has 7 heteroatoms. The van der Waals surface area contributed by atoms with E-state index < -0.39 is 11.5 Å². The van der Waals surface area contributed by atoms with Crippen LogP contribution >= 0.6 is 0 Å². The lowest BCUT2D eigenvalue weighted by Gasteiger charge is -2.38. The lowest BCUT2D eigenvalue weighted by Crippen LogP contribution is -2.42. The number of nitrogens with zero attached hydrogens (tertiary/aromatic N) is 1. The fraction of sp³-hybridized carbons (Fsp3) is 0.353. The van der Waals surface area contributed by atoms with Crippen molar-refractivity contribution in [3.63, 3.8) is 0 Å². The topological polar surface area (TPSA) is 104 Å². The zero-order chi connectivity index (χ0) is 17.1. The number of aromatic nitrogens is 2. The average Bonchev–Trinajstić information content (AvgIpc) is 2.57. The summed E-state index contributed by atoms with van der Waals surface area (Å²) in [5.41, 5.74) is 0.399. The molecule has 3 rings (SSSR count). The van der Waals surface area contributed by atoms with Crippen LogP contribution in [0.15, 0.2) is 41.6 Å². The molecule has 1 atom stereocenters. The maximum absolute atomic E-state index is 12.5. The molecule has 1 aliphatic carbocycles. The first-order valence-corrected chi connectivity index (χ1v) is 7.74. The Balaban J connectivity index is 1.86. The van der Waals surface area contributed by atoms with E-state index in [0.717, 1.165) is 5.56 Å². The van der Waals surface area contributed by atoms with Crippen molar-refractivity contribution in [2.24, 2.45) is 5.92 Å². The molecular formula is C17H19N3O4. The molecule has 0 aliphatic heterocycles. The summed E-state index contributed by atoms with van der Waals surface area (Å²) in [6, 6.07) is 4.54. The summed E-state index contributed by atoms with van der Waals surface area (Å²) in [5, 5.41) is 12.5. The molecule has 2 heterocycles. The Morgan fingerprint density at radius 1 is 1.46 bits per heavy atom. The highest BCUT2D eigenvalue weighted by Crippen LogP contribution is 2.38. The molecule has 1 fully saturated rings. The summed E-state index contributed by atoms with van der Waals surface area (Å²) < 4.78 is 5.19. The molecule has 2 aromatic rings. The molecule has 0 aromatic carbocycles. The van der Waals surface area contributed by atoms with E-state index in [-0.39, 0.29) is 23.6 Å². The number of methoxy groups -OCH3 is 1. The third-order valence-corrected chi connectivity index (χ3v) is 4.30. The number of pyridine rings is 2. The number of ether oxygens (including phenoxy) is 1. The zero-order valence-corrected chi connectivity index (χ0v) is 13.2. The van der Waals surface area contributed by atoms with Crippen molar-refractivity contribution < 1.29 is 14.6 Å². The zero-order valence-electron chi connectivity index (χ0n) is 13.2. The molecule has 126 valence electrons. The van der Waals surface area contributed by atoms with Gasteiger partial charge in [-0.15, -0.1) is 0 Å². The number of aliphatic hydroxyl groups excluding tert-OH is 1. The quantitative estimate of drug-likeness (QED) is 0.760. The van der Waals surface area contributed by atoms with Gasteiger partial charge in [-0.3, -0.25) is 14.6 Å². The van der Waals surface area contributed by atoms with Crippen LogP contribution in [0.4, 0.5) is 0 Å². The summed E-state index contributed by atoms with van der Waals surface area (Å²) in [4.78, 5) is 30.9. The van der Waals surface area contributed by atoms with Crippen LogP contribution in [-0.4, -0.2) is 34.2 Å². The first-order valence-electron chi connectivity index (χ1n) is 7.74. The Morgan fingerprint density at radius 2 is 2.25 bits per heavy atom. The van der Waals surface area contributed by atoms with E-state index in [4.69, 9.17) is 4.74 Å².